The summed E-state index contributed by atoms with van der Waals surface area (Å²) in [5, 5.41) is 3.24. The first-order valence-electron chi connectivity index (χ1n) is 3.37. The maximum atomic E-state index is 3.24. The van der Waals surface area contributed by atoms with Crippen molar-refractivity contribution in [1.29, 1.82) is 0 Å². The third kappa shape index (κ3) is 1.70. The van der Waals surface area contributed by atoms with E-state index >= 15 is 0 Å². The first kappa shape index (κ1) is 7.10. The summed E-state index contributed by atoms with van der Waals surface area (Å²) in [7, 11) is 0. The van der Waals surface area contributed by atoms with Gasteiger partial charge in [0.2, 0.25) is 0 Å². The number of rotatable bonds is 2. The van der Waals surface area contributed by atoms with Gasteiger partial charge in [-0.15, -0.1) is 0 Å². The van der Waals surface area contributed by atoms with Gasteiger partial charge in [0.15, 0.2) is 0 Å². The van der Waals surface area contributed by atoms with Gasteiger partial charge in [0.25, 0.3) is 0 Å². The Morgan fingerprint density at radius 1 is 1.78 bits per heavy atom. The standard InChI is InChI=1S/C6H12N2Se/c1-2-4-8-5-3-7-6(8)9/h2-5H2,1H3,(H,7,9). The van der Waals surface area contributed by atoms with Gasteiger partial charge in [-0.25, -0.2) is 0 Å². The molecule has 3 heteroatoms. The summed E-state index contributed by atoms with van der Waals surface area (Å²) < 4.78 is 1.22. The molecule has 52 valence electrons. The van der Waals surface area contributed by atoms with Crippen molar-refractivity contribution < 1.29 is 0 Å². The molecule has 0 bridgehead atoms. The van der Waals surface area contributed by atoms with Crippen molar-refractivity contribution in [1.82, 2.24) is 10.2 Å². The molecule has 1 rings (SSSR count). The fourth-order valence-corrected chi connectivity index (χ4v) is 1.59. The Bertz CT molecular complexity index is 114. The number of hydrogen-bond donors (Lipinski definition) is 1. The third-order valence-electron chi connectivity index (χ3n) is 1.44. The van der Waals surface area contributed by atoms with Gasteiger partial charge in [0.05, 0.1) is 0 Å². The molecule has 1 fully saturated rings. The van der Waals surface area contributed by atoms with Gasteiger partial charge in [0.1, 0.15) is 0 Å². The molecule has 0 amide bonds. The summed E-state index contributed by atoms with van der Waals surface area (Å²) in [6.07, 6.45) is 1.23. The van der Waals surface area contributed by atoms with E-state index in [4.69, 9.17) is 0 Å². The van der Waals surface area contributed by atoms with E-state index < -0.39 is 0 Å². The molecule has 0 atom stereocenters. The summed E-state index contributed by atoms with van der Waals surface area (Å²) >= 11 is 3.01. The molecule has 1 heterocycles. The zero-order valence-electron chi connectivity index (χ0n) is 5.68. The van der Waals surface area contributed by atoms with Gasteiger partial charge < -0.3 is 0 Å². The van der Waals surface area contributed by atoms with E-state index in [9.17, 15) is 0 Å². The SMILES string of the molecule is CCCN1CCNC1=[Se]. The van der Waals surface area contributed by atoms with Crippen LogP contribution in [0.3, 0.4) is 0 Å². The predicted molar refractivity (Wildman–Crippen MR) is 40.6 cm³/mol. The molecule has 1 aliphatic rings. The summed E-state index contributed by atoms with van der Waals surface area (Å²) in [6.45, 7) is 5.64. The molecule has 9 heavy (non-hydrogen) atoms. The first-order chi connectivity index (χ1) is 4.34. The van der Waals surface area contributed by atoms with Gasteiger partial charge in [-0.3, -0.25) is 0 Å². The topological polar surface area (TPSA) is 15.3 Å². The monoisotopic (exact) mass is 192 g/mol. The first-order valence-corrected chi connectivity index (χ1v) is 4.23. The second-order valence-electron chi connectivity index (χ2n) is 2.22. The van der Waals surface area contributed by atoms with Crippen LogP contribution >= 0.6 is 0 Å². The molecule has 0 radical (unpaired) electrons. The number of hydrogen-bond acceptors (Lipinski definition) is 2. The zero-order valence-corrected chi connectivity index (χ0v) is 7.40. The fourth-order valence-electron chi connectivity index (χ4n) is 0.994. The minimum absolute atomic E-state index is 1.10. The van der Waals surface area contributed by atoms with Crippen molar-refractivity contribution in [3.63, 3.8) is 0 Å². The molecule has 0 aromatic carbocycles. The maximum absolute atomic E-state index is 3.24. The Morgan fingerprint density at radius 3 is 3.00 bits per heavy atom. The predicted octanol–water partition coefficient (Wildman–Crippen LogP) is -0.443. The van der Waals surface area contributed by atoms with Crippen molar-refractivity contribution in [2.24, 2.45) is 0 Å². The Hall–Kier alpha value is -0.0105. The molecular formula is C6H12N2Se. The average Bonchev–Trinajstić information content (AvgIpc) is 2.18. The van der Waals surface area contributed by atoms with Crippen molar-refractivity contribution in [3.05, 3.63) is 0 Å². The Balaban J connectivity index is 2.31. The van der Waals surface area contributed by atoms with E-state index in [2.05, 4.69) is 32.7 Å². The van der Waals surface area contributed by atoms with E-state index in [0.29, 0.717) is 0 Å². The summed E-state index contributed by atoms with van der Waals surface area (Å²) in [4.78, 5) is 2.33. The molecule has 1 N–H and O–H groups in total. The van der Waals surface area contributed by atoms with E-state index in [1.807, 2.05) is 0 Å². The number of nitrogens with zero attached hydrogens (tertiary/aromatic N) is 1. The van der Waals surface area contributed by atoms with E-state index in [-0.39, 0.29) is 0 Å². The molecular weight excluding hydrogens is 179 g/mol. The van der Waals surface area contributed by atoms with Gasteiger partial charge in [-0.1, -0.05) is 0 Å². The molecule has 0 spiro atoms. The molecule has 1 aliphatic heterocycles. The molecule has 0 saturated carbocycles. The van der Waals surface area contributed by atoms with Crippen LogP contribution in [0.5, 0.6) is 0 Å². The van der Waals surface area contributed by atoms with Crippen molar-refractivity contribution in [3.8, 4) is 0 Å². The van der Waals surface area contributed by atoms with Gasteiger partial charge in [-0.2, -0.15) is 0 Å². The van der Waals surface area contributed by atoms with Gasteiger partial charge >= 0.3 is 63.4 Å². The second-order valence-corrected chi connectivity index (χ2v) is 3.03. The Labute approximate surface area is 64.0 Å². The van der Waals surface area contributed by atoms with E-state index in [1.165, 1.54) is 17.6 Å². The molecule has 0 aliphatic carbocycles. The Kier molecular flexibility index (Phi) is 2.55. The summed E-state index contributed by atoms with van der Waals surface area (Å²) in [6, 6.07) is 0. The average molecular weight is 191 g/mol. The normalized spacial score (nSPS) is 18.3. The quantitative estimate of drug-likeness (QED) is 0.595. The van der Waals surface area contributed by atoms with Crippen LogP contribution in [-0.4, -0.2) is 44.8 Å². The second kappa shape index (κ2) is 3.23. The molecule has 0 unspecified atom stereocenters. The van der Waals surface area contributed by atoms with E-state index in [0.717, 1.165) is 13.1 Å². The van der Waals surface area contributed by atoms with Crippen LogP contribution in [0.4, 0.5) is 0 Å². The van der Waals surface area contributed by atoms with Crippen molar-refractivity contribution in [2.75, 3.05) is 19.6 Å². The van der Waals surface area contributed by atoms with Crippen LogP contribution in [0.1, 0.15) is 13.3 Å². The third-order valence-corrected chi connectivity index (χ3v) is 2.28. The molecule has 0 aromatic heterocycles. The summed E-state index contributed by atoms with van der Waals surface area (Å²) in [5.74, 6) is 0. The summed E-state index contributed by atoms with van der Waals surface area (Å²) in [5.41, 5.74) is 0. The van der Waals surface area contributed by atoms with Crippen LogP contribution in [0.25, 0.3) is 0 Å². The molecule has 1 saturated heterocycles. The molecule has 2 nitrogen and oxygen atoms in total. The van der Waals surface area contributed by atoms with Crippen LogP contribution in [0, 0.1) is 0 Å². The minimum atomic E-state index is 1.10. The number of nitrogens with one attached hydrogen (secondary N) is 1. The van der Waals surface area contributed by atoms with Crippen molar-refractivity contribution in [2.45, 2.75) is 13.3 Å². The van der Waals surface area contributed by atoms with Gasteiger partial charge in [0, 0.05) is 0 Å². The van der Waals surface area contributed by atoms with Gasteiger partial charge in [-0.05, 0) is 0 Å². The van der Waals surface area contributed by atoms with Crippen LogP contribution in [0.15, 0.2) is 0 Å². The zero-order chi connectivity index (χ0) is 6.69. The fraction of sp³-hybridized carbons (Fsp3) is 0.833. The molecule has 0 aromatic rings. The van der Waals surface area contributed by atoms with Crippen LogP contribution in [0.2, 0.25) is 0 Å². The van der Waals surface area contributed by atoms with Crippen LogP contribution in [-0.2, 0) is 0 Å². The Morgan fingerprint density at radius 2 is 2.56 bits per heavy atom. The van der Waals surface area contributed by atoms with Crippen LogP contribution < -0.4 is 5.32 Å². The van der Waals surface area contributed by atoms with E-state index in [1.54, 1.807) is 0 Å². The van der Waals surface area contributed by atoms with Crippen molar-refractivity contribution >= 4 is 20.2 Å².